The van der Waals surface area contributed by atoms with E-state index in [0.29, 0.717) is 34.4 Å². The lowest BCUT2D eigenvalue weighted by molar-refractivity contribution is -0.137. The monoisotopic (exact) mass is 636 g/mol. The van der Waals surface area contributed by atoms with E-state index in [1.54, 1.807) is 42.6 Å². The SMILES string of the molecule is Cc1ccc(-c2ccc([C@@H](COc3ccc(-c4nnc(C(C)(C)C)o4)cn3)Nc3ccc(C(=O)CCCC(=O)O)cc3)cc2)c(F)c1. The second kappa shape index (κ2) is 14.4. The van der Waals surface area contributed by atoms with Crippen LogP contribution in [0, 0.1) is 12.7 Å². The van der Waals surface area contributed by atoms with Gasteiger partial charge in [0.25, 0.3) is 0 Å². The van der Waals surface area contributed by atoms with Crippen LogP contribution in [0.15, 0.2) is 89.5 Å². The molecule has 9 nitrogen and oxygen atoms in total. The lowest BCUT2D eigenvalue weighted by atomic mass is 9.97. The van der Waals surface area contributed by atoms with Gasteiger partial charge in [0.1, 0.15) is 12.4 Å². The van der Waals surface area contributed by atoms with Crippen LogP contribution in [0.3, 0.4) is 0 Å². The highest BCUT2D eigenvalue weighted by Gasteiger charge is 2.22. The number of hydrogen-bond donors (Lipinski definition) is 2. The second-order valence-electron chi connectivity index (χ2n) is 12.4. The maximum atomic E-state index is 14.7. The Hall–Kier alpha value is -5.38. The van der Waals surface area contributed by atoms with Crippen molar-refractivity contribution in [1.82, 2.24) is 15.2 Å². The van der Waals surface area contributed by atoms with Crippen LogP contribution in [0.4, 0.5) is 10.1 Å². The lowest BCUT2D eigenvalue weighted by Gasteiger charge is -2.21. The molecule has 0 saturated heterocycles. The number of nitrogens with zero attached hydrogens (tertiary/aromatic N) is 3. The first-order valence-corrected chi connectivity index (χ1v) is 15.4. The second-order valence-corrected chi connectivity index (χ2v) is 12.4. The quantitative estimate of drug-likeness (QED) is 0.123. The zero-order chi connectivity index (χ0) is 33.6. The van der Waals surface area contributed by atoms with Crippen molar-refractivity contribution in [3.05, 3.63) is 113 Å². The molecule has 2 heterocycles. The number of ether oxygens (including phenoxy) is 1. The van der Waals surface area contributed by atoms with Gasteiger partial charge in [0.2, 0.25) is 17.7 Å². The maximum absolute atomic E-state index is 14.7. The number of carbonyl (C=O) groups is 2. The average Bonchev–Trinajstić information content (AvgIpc) is 3.55. The Kier molecular flexibility index (Phi) is 10.1. The van der Waals surface area contributed by atoms with Crippen molar-refractivity contribution in [2.24, 2.45) is 0 Å². The zero-order valence-corrected chi connectivity index (χ0v) is 26.8. The summed E-state index contributed by atoms with van der Waals surface area (Å²) in [5, 5.41) is 20.6. The number of ketones is 1. The Bertz CT molecular complexity index is 1830. The van der Waals surface area contributed by atoms with E-state index in [2.05, 4.69) is 20.5 Å². The lowest BCUT2D eigenvalue weighted by Crippen LogP contribution is -2.19. The van der Waals surface area contributed by atoms with E-state index in [1.807, 2.05) is 64.1 Å². The summed E-state index contributed by atoms with van der Waals surface area (Å²) in [6.45, 7) is 8.05. The number of aromatic nitrogens is 3. The van der Waals surface area contributed by atoms with Crippen molar-refractivity contribution in [2.45, 2.75) is 58.4 Å². The molecule has 3 aromatic carbocycles. The number of benzene rings is 3. The minimum Gasteiger partial charge on any atom is -0.481 e. The normalized spacial score (nSPS) is 12.0. The summed E-state index contributed by atoms with van der Waals surface area (Å²) in [6.07, 6.45) is 2.03. The van der Waals surface area contributed by atoms with Gasteiger partial charge in [0.15, 0.2) is 5.78 Å². The maximum Gasteiger partial charge on any atom is 0.303 e. The van der Waals surface area contributed by atoms with Gasteiger partial charge < -0.3 is 19.6 Å². The molecule has 0 bridgehead atoms. The third-order valence-corrected chi connectivity index (χ3v) is 7.54. The van der Waals surface area contributed by atoms with Crippen molar-refractivity contribution < 1.29 is 28.2 Å². The smallest absolute Gasteiger partial charge is 0.303 e. The van der Waals surface area contributed by atoms with E-state index < -0.39 is 5.97 Å². The molecule has 0 unspecified atom stereocenters. The summed E-state index contributed by atoms with van der Waals surface area (Å²) in [6, 6.07) is 23.0. The van der Waals surface area contributed by atoms with E-state index in [0.717, 1.165) is 22.4 Å². The molecule has 0 aliphatic heterocycles. The van der Waals surface area contributed by atoms with E-state index in [-0.39, 0.29) is 48.9 Å². The summed E-state index contributed by atoms with van der Waals surface area (Å²) in [4.78, 5) is 27.7. The van der Waals surface area contributed by atoms with Crippen LogP contribution >= 0.6 is 0 Å². The first-order valence-electron chi connectivity index (χ1n) is 15.4. The highest BCUT2D eigenvalue weighted by atomic mass is 19.1. The molecule has 0 radical (unpaired) electrons. The fourth-order valence-electron chi connectivity index (χ4n) is 4.87. The number of carboxylic acid groups (broad SMARTS) is 1. The Labute approximate surface area is 272 Å². The van der Waals surface area contributed by atoms with Crippen molar-refractivity contribution >= 4 is 17.4 Å². The number of aliphatic carboxylic acids is 1. The van der Waals surface area contributed by atoms with Gasteiger partial charge in [-0.3, -0.25) is 9.59 Å². The number of anilines is 1. The summed E-state index contributed by atoms with van der Waals surface area (Å²) < 4.78 is 26.6. The Balaban J connectivity index is 1.32. The minimum absolute atomic E-state index is 0.0466. The molecule has 5 aromatic rings. The molecule has 2 N–H and O–H groups in total. The van der Waals surface area contributed by atoms with Crippen LogP contribution in [0.5, 0.6) is 5.88 Å². The van der Waals surface area contributed by atoms with E-state index >= 15 is 0 Å². The number of carbonyl (C=O) groups excluding carboxylic acids is 1. The topological polar surface area (TPSA) is 127 Å². The molecule has 0 saturated carbocycles. The highest BCUT2D eigenvalue weighted by Crippen LogP contribution is 2.29. The van der Waals surface area contributed by atoms with E-state index in [9.17, 15) is 14.0 Å². The molecule has 0 aliphatic rings. The van der Waals surface area contributed by atoms with E-state index in [4.69, 9.17) is 14.3 Å². The molecular weight excluding hydrogens is 599 g/mol. The number of rotatable bonds is 13. The van der Waals surface area contributed by atoms with Gasteiger partial charge >= 0.3 is 5.97 Å². The largest absolute Gasteiger partial charge is 0.481 e. The van der Waals surface area contributed by atoms with Crippen LogP contribution in [-0.2, 0) is 10.2 Å². The third-order valence-electron chi connectivity index (χ3n) is 7.54. The number of halogens is 1. The van der Waals surface area contributed by atoms with Crippen LogP contribution in [0.2, 0.25) is 0 Å². The zero-order valence-electron chi connectivity index (χ0n) is 26.8. The summed E-state index contributed by atoms with van der Waals surface area (Å²) in [5.41, 5.74) is 4.69. The van der Waals surface area contributed by atoms with Crippen molar-refractivity contribution in [2.75, 3.05) is 11.9 Å². The van der Waals surface area contributed by atoms with Gasteiger partial charge in [-0.15, -0.1) is 10.2 Å². The molecule has 5 rings (SSSR count). The number of aryl methyl sites for hydroxylation is 1. The summed E-state index contributed by atoms with van der Waals surface area (Å²) in [5.74, 6) is 0.00212. The number of hydrogen-bond acceptors (Lipinski definition) is 8. The van der Waals surface area contributed by atoms with Crippen LogP contribution in [0.25, 0.3) is 22.6 Å². The predicted octanol–water partition coefficient (Wildman–Crippen LogP) is 8.21. The van der Waals surface area contributed by atoms with Crippen LogP contribution < -0.4 is 10.1 Å². The van der Waals surface area contributed by atoms with Gasteiger partial charge in [0.05, 0.1) is 11.6 Å². The Morgan fingerprint density at radius 2 is 1.66 bits per heavy atom. The van der Waals surface area contributed by atoms with Crippen LogP contribution in [0.1, 0.15) is 73.5 Å². The predicted molar refractivity (Wildman–Crippen MR) is 177 cm³/mol. The van der Waals surface area contributed by atoms with Crippen molar-refractivity contribution in [3.8, 4) is 28.5 Å². The van der Waals surface area contributed by atoms with Gasteiger partial charge in [-0.2, -0.15) is 0 Å². The standard InChI is InChI=1S/C37H37FN4O5/c1-23-8-18-29(30(38)20-23)24-9-11-25(12-10-24)31(40-28-16-13-26(14-17-28)32(43)6-5-7-34(44)45)22-46-33-19-15-27(21-39-33)35-41-42-36(47-35)37(2,3)4/h8-21,31,40H,5-7,22H2,1-4H3,(H,44,45)/t31-/m1/s1. The van der Waals surface area contributed by atoms with Gasteiger partial charge in [-0.25, -0.2) is 9.37 Å². The molecule has 0 amide bonds. The first kappa shape index (κ1) is 33.0. The van der Waals surface area contributed by atoms with Gasteiger partial charge in [0, 0.05) is 47.3 Å². The molecule has 10 heteroatoms. The molecule has 47 heavy (non-hydrogen) atoms. The number of Topliss-reactive ketones (excluding diaryl/α,β-unsaturated/α-hetero) is 1. The van der Waals surface area contributed by atoms with Crippen molar-refractivity contribution in [3.63, 3.8) is 0 Å². The number of carboxylic acids is 1. The fourth-order valence-corrected chi connectivity index (χ4v) is 4.87. The molecule has 1 atom stereocenters. The molecule has 0 aliphatic carbocycles. The van der Waals surface area contributed by atoms with Crippen molar-refractivity contribution in [1.29, 1.82) is 0 Å². The summed E-state index contributed by atoms with van der Waals surface area (Å²) in [7, 11) is 0. The van der Waals surface area contributed by atoms with Crippen LogP contribution in [-0.4, -0.2) is 38.6 Å². The molecule has 242 valence electrons. The summed E-state index contributed by atoms with van der Waals surface area (Å²) >= 11 is 0. The number of pyridine rings is 1. The fraction of sp³-hybridized carbons (Fsp3) is 0.270. The van der Waals surface area contributed by atoms with Gasteiger partial charge in [-0.05, 0) is 66.4 Å². The molecule has 0 fully saturated rings. The van der Waals surface area contributed by atoms with E-state index in [1.165, 1.54) is 6.07 Å². The Morgan fingerprint density at radius 3 is 2.28 bits per heavy atom. The number of nitrogens with one attached hydrogen (secondary N) is 1. The van der Waals surface area contributed by atoms with Gasteiger partial charge in [-0.1, -0.05) is 57.2 Å². The average molecular weight is 637 g/mol. The molecule has 0 spiro atoms. The first-order chi connectivity index (χ1) is 22.5. The molecule has 2 aromatic heterocycles. The highest BCUT2D eigenvalue weighted by molar-refractivity contribution is 5.96. The molecular formula is C37H37FN4O5. The minimum atomic E-state index is -0.921. The Morgan fingerprint density at radius 1 is 0.936 bits per heavy atom. The third kappa shape index (κ3) is 8.66.